The summed E-state index contributed by atoms with van der Waals surface area (Å²) in [6.07, 6.45) is 2.33. The van der Waals surface area contributed by atoms with Crippen molar-refractivity contribution in [3.05, 3.63) is 34.6 Å². The van der Waals surface area contributed by atoms with Crippen molar-refractivity contribution >= 4 is 16.8 Å². The van der Waals surface area contributed by atoms with E-state index in [1.807, 2.05) is 6.92 Å². The van der Waals surface area contributed by atoms with Crippen LogP contribution in [-0.4, -0.2) is 26.9 Å². The fourth-order valence-electron chi connectivity index (χ4n) is 2.28. The molecule has 1 saturated carbocycles. The van der Waals surface area contributed by atoms with Crippen molar-refractivity contribution in [3.8, 4) is 0 Å². The highest BCUT2D eigenvalue weighted by Crippen LogP contribution is 2.32. The SMILES string of the molecule is C[C@H](NC(=O)Cn1nnc2ccccc2c1=O)C1CC1. The average Bonchev–Trinajstić information content (AvgIpc) is 3.27. The van der Waals surface area contributed by atoms with Crippen LogP contribution in [0.25, 0.3) is 10.9 Å². The van der Waals surface area contributed by atoms with Crippen molar-refractivity contribution < 1.29 is 4.79 Å². The van der Waals surface area contributed by atoms with Crippen LogP contribution in [0.15, 0.2) is 29.1 Å². The maximum Gasteiger partial charge on any atom is 0.278 e. The summed E-state index contributed by atoms with van der Waals surface area (Å²) in [6, 6.07) is 7.14. The molecule has 1 aliphatic carbocycles. The van der Waals surface area contributed by atoms with Gasteiger partial charge >= 0.3 is 0 Å². The number of benzene rings is 1. The monoisotopic (exact) mass is 272 g/mol. The maximum absolute atomic E-state index is 12.2. The fraction of sp³-hybridized carbons (Fsp3) is 0.429. The third-order valence-corrected chi connectivity index (χ3v) is 3.64. The first kappa shape index (κ1) is 12.8. The minimum absolute atomic E-state index is 0.0896. The molecule has 1 fully saturated rings. The summed E-state index contributed by atoms with van der Waals surface area (Å²) in [5.41, 5.74) is 0.255. The molecular weight excluding hydrogens is 256 g/mol. The van der Waals surface area contributed by atoms with Gasteiger partial charge in [-0.15, -0.1) is 5.10 Å². The Labute approximate surface area is 115 Å². The number of amides is 1. The molecule has 6 nitrogen and oxygen atoms in total. The topological polar surface area (TPSA) is 76.9 Å². The van der Waals surface area contributed by atoms with Gasteiger partial charge in [-0.1, -0.05) is 17.3 Å². The van der Waals surface area contributed by atoms with E-state index >= 15 is 0 Å². The molecule has 0 radical (unpaired) electrons. The van der Waals surface area contributed by atoms with Crippen LogP contribution >= 0.6 is 0 Å². The summed E-state index contributed by atoms with van der Waals surface area (Å²) in [5, 5.41) is 11.1. The molecule has 104 valence electrons. The second-order valence-corrected chi connectivity index (χ2v) is 5.26. The highest BCUT2D eigenvalue weighted by Gasteiger charge is 2.28. The van der Waals surface area contributed by atoms with Crippen LogP contribution < -0.4 is 10.9 Å². The lowest BCUT2D eigenvalue weighted by atomic mass is 10.2. The molecule has 6 heteroatoms. The van der Waals surface area contributed by atoms with Crippen LogP contribution in [0.1, 0.15) is 19.8 Å². The van der Waals surface area contributed by atoms with Crippen molar-refractivity contribution in [1.82, 2.24) is 20.3 Å². The van der Waals surface area contributed by atoms with Gasteiger partial charge in [-0.25, -0.2) is 4.68 Å². The van der Waals surface area contributed by atoms with E-state index in [0.717, 1.165) is 17.5 Å². The second-order valence-electron chi connectivity index (χ2n) is 5.26. The van der Waals surface area contributed by atoms with E-state index in [9.17, 15) is 9.59 Å². The molecule has 1 amide bonds. The number of carbonyl (C=O) groups excluding carboxylic acids is 1. The second kappa shape index (κ2) is 5.03. The molecule has 1 heterocycles. The van der Waals surface area contributed by atoms with Crippen LogP contribution in [0.4, 0.5) is 0 Å². The molecular formula is C14H16N4O2. The van der Waals surface area contributed by atoms with E-state index < -0.39 is 0 Å². The minimum Gasteiger partial charge on any atom is -0.352 e. The van der Waals surface area contributed by atoms with E-state index in [2.05, 4.69) is 15.6 Å². The van der Waals surface area contributed by atoms with E-state index in [1.165, 1.54) is 0 Å². The largest absolute Gasteiger partial charge is 0.352 e. The summed E-state index contributed by atoms with van der Waals surface area (Å²) < 4.78 is 1.11. The number of rotatable bonds is 4. The molecule has 1 atom stereocenters. The molecule has 0 saturated heterocycles. The summed E-state index contributed by atoms with van der Waals surface area (Å²) in [7, 11) is 0. The van der Waals surface area contributed by atoms with Crippen molar-refractivity contribution in [2.75, 3.05) is 0 Å². The Balaban J connectivity index is 1.78. The van der Waals surface area contributed by atoms with E-state index in [4.69, 9.17) is 0 Å². The predicted octanol–water partition coefficient (Wildman–Crippen LogP) is 0.706. The molecule has 0 aliphatic heterocycles. The maximum atomic E-state index is 12.2. The van der Waals surface area contributed by atoms with Crippen LogP contribution in [0, 0.1) is 5.92 Å². The lowest BCUT2D eigenvalue weighted by Crippen LogP contribution is -2.39. The van der Waals surface area contributed by atoms with Gasteiger partial charge in [-0.2, -0.15) is 0 Å². The summed E-state index contributed by atoms with van der Waals surface area (Å²) in [5.74, 6) is 0.384. The van der Waals surface area contributed by atoms with E-state index in [-0.39, 0.29) is 24.1 Å². The molecule has 1 aromatic carbocycles. The Morgan fingerprint density at radius 2 is 2.20 bits per heavy atom. The zero-order valence-corrected chi connectivity index (χ0v) is 11.2. The highest BCUT2D eigenvalue weighted by atomic mass is 16.2. The van der Waals surface area contributed by atoms with E-state index in [1.54, 1.807) is 24.3 Å². The Bertz CT molecular complexity index is 706. The van der Waals surface area contributed by atoms with Gasteiger partial charge in [0.1, 0.15) is 12.1 Å². The lowest BCUT2D eigenvalue weighted by molar-refractivity contribution is -0.122. The predicted molar refractivity (Wildman–Crippen MR) is 74.1 cm³/mol. The third-order valence-electron chi connectivity index (χ3n) is 3.64. The zero-order valence-electron chi connectivity index (χ0n) is 11.2. The number of hydrogen-bond donors (Lipinski definition) is 1. The summed E-state index contributed by atoms with van der Waals surface area (Å²) in [4.78, 5) is 24.1. The fourth-order valence-corrected chi connectivity index (χ4v) is 2.28. The standard InChI is InChI=1S/C14H16N4O2/c1-9(10-6-7-10)15-13(19)8-18-14(20)11-4-2-3-5-12(11)16-17-18/h2-5,9-10H,6-8H2,1H3,(H,15,19)/t9-/m0/s1. The van der Waals surface area contributed by atoms with Crippen molar-refractivity contribution in [2.45, 2.75) is 32.4 Å². The van der Waals surface area contributed by atoms with Gasteiger partial charge in [0.05, 0.1) is 5.39 Å². The Kier molecular flexibility index (Phi) is 3.22. The highest BCUT2D eigenvalue weighted by molar-refractivity contribution is 5.78. The van der Waals surface area contributed by atoms with Gasteiger partial charge in [0.2, 0.25) is 5.91 Å². The number of nitrogens with zero attached hydrogens (tertiary/aromatic N) is 3. The van der Waals surface area contributed by atoms with Crippen LogP contribution in [0.2, 0.25) is 0 Å². The third kappa shape index (κ3) is 2.54. The molecule has 2 aromatic rings. The Hall–Kier alpha value is -2.24. The number of hydrogen-bond acceptors (Lipinski definition) is 4. The first-order chi connectivity index (χ1) is 9.65. The van der Waals surface area contributed by atoms with Crippen molar-refractivity contribution in [1.29, 1.82) is 0 Å². The average molecular weight is 272 g/mol. The first-order valence-electron chi connectivity index (χ1n) is 6.77. The number of nitrogens with one attached hydrogen (secondary N) is 1. The van der Waals surface area contributed by atoms with Crippen molar-refractivity contribution in [3.63, 3.8) is 0 Å². The lowest BCUT2D eigenvalue weighted by Gasteiger charge is -2.12. The van der Waals surface area contributed by atoms with Crippen LogP contribution in [0.3, 0.4) is 0 Å². The quantitative estimate of drug-likeness (QED) is 0.889. The smallest absolute Gasteiger partial charge is 0.278 e. The Morgan fingerprint density at radius 3 is 2.95 bits per heavy atom. The van der Waals surface area contributed by atoms with Gasteiger partial charge in [-0.3, -0.25) is 9.59 Å². The zero-order chi connectivity index (χ0) is 14.1. The van der Waals surface area contributed by atoms with E-state index in [0.29, 0.717) is 16.8 Å². The Morgan fingerprint density at radius 1 is 1.45 bits per heavy atom. The first-order valence-corrected chi connectivity index (χ1v) is 6.77. The molecule has 0 spiro atoms. The van der Waals surface area contributed by atoms with Gasteiger partial charge in [-0.05, 0) is 37.8 Å². The molecule has 1 aromatic heterocycles. The summed E-state index contributed by atoms with van der Waals surface area (Å²) >= 11 is 0. The van der Waals surface area contributed by atoms with Gasteiger partial charge in [0.25, 0.3) is 5.56 Å². The van der Waals surface area contributed by atoms with Crippen LogP contribution in [0.5, 0.6) is 0 Å². The number of aromatic nitrogens is 3. The number of fused-ring (bicyclic) bond motifs is 1. The van der Waals surface area contributed by atoms with Gasteiger partial charge < -0.3 is 5.32 Å². The molecule has 20 heavy (non-hydrogen) atoms. The van der Waals surface area contributed by atoms with Crippen molar-refractivity contribution in [2.24, 2.45) is 5.92 Å². The van der Waals surface area contributed by atoms with Crippen LogP contribution in [-0.2, 0) is 11.3 Å². The molecule has 0 bridgehead atoms. The minimum atomic E-state index is -0.287. The van der Waals surface area contributed by atoms with Gasteiger partial charge in [0.15, 0.2) is 0 Å². The van der Waals surface area contributed by atoms with Gasteiger partial charge in [0, 0.05) is 6.04 Å². The normalized spacial score (nSPS) is 16.1. The molecule has 1 N–H and O–H groups in total. The molecule has 0 unspecified atom stereocenters. The molecule has 1 aliphatic rings. The molecule has 3 rings (SSSR count). The number of carbonyl (C=O) groups is 1. The summed E-state index contributed by atoms with van der Waals surface area (Å²) in [6.45, 7) is 1.90.